The van der Waals surface area contributed by atoms with Gasteiger partial charge in [-0.1, -0.05) is 0 Å². The summed E-state index contributed by atoms with van der Waals surface area (Å²) in [7, 11) is 0. The number of likely N-dealkylation sites (tertiary alicyclic amines) is 1. The molecular weight excluding hydrogens is 234 g/mol. The van der Waals surface area contributed by atoms with Crippen molar-refractivity contribution in [1.82, 2.24) is 10.2 Å². The lowest BCUT2D eigenvalue weighted by Gasteiger charge is -2.16. The molecule has 1 unspecified atom stereocenters. The number of carboxylic acids is 1. The molecule has 17 heavy (non-hydrogen) atoms. The summed E-state index contributed by atoms with van der Waals surface area (Å²) in [6, 6.07) is -0.933. The van der Waals surface area contributed by atoms with Gasteiger partial charge in [-0.2, -0.15) is 0 Å². The maximum absolute atomic E-state index is 12.8. The van der Waals surface area contributed by atoms with E-state index >= 15 is 0 Å². The summed E-state index contributed by atoms with van der Waals surface area (Å²) >= 11 is 0. The Hall–Kier alpha value is -1.24. The minimum atomic E-state index is -1.45. The van der Waals surface area contributed by atoms with Crippen LogP contribution in [0.4, 0.5) is 8.78 Å². The van der Waals surface area contributed by atoms with Gasteiger partial charge < -0.3 is 10.4 Å². The second-order valence-electron chi connectivity index (χ2n) is 4.11. The lowest BCUT2D eigenvalue weighted by Crippen LogP contribution is -2.36. The first kappa shape index (κ1) is 13.8. The average Bonchev–Trinajstić information content (AvgIpc) is 2.57. The van der Waals surface area contributed by atoms with Crippen LogP contribution in [-0.4, -0.2) is 60.4 Å². The van der Waals surface area contributed by atoms with Crippen LogP contribution in [0.1, 0.15) is 12.8 Å². The Kier molecular flexibility index (Phi) is 5.27. The maximum Gasteiger partial charge on any atom is 0.326 e. The van der Waals surface area contributed by atoms with Gasteiger partial charge in [-0.25, -0.2) is 13.6 Å². The maximum atomic E-state index is 12.8. The fraction of sp³-hybridized carbons (Fsp3) is 0.800. The van der Waals surface area contributed by atoms with Gasteiger partial charge in [0.1, 0.15) is 18.4 Å². The number of aliphatic carboxylic acids is 1. The van der Waals surface area contributed by atoms with E-state index in [1.807, 2.05) is 0 Å². The summed E-state index contributed by atoms with van der Waals surface area (Å²) in [5, 5.41) is 10.9. The quantitative estimate of drug-likeness (QED) is 0.622. The Bertz CT molecular complexity index is 268. The van der Waals surface area contributed by atoms with E-state index in [4.69, 9.17) is 5.11 Å². The minimum absolute atomic E-state index is 0.0556. The van der Waals surface area contributed by atoms with E-state index in [0.717, 1.165) is 0 Å². The second kappa shape index (κ2) is 6.48. The number of rotatable bonds is 7. The van der Waals surface area contributed by atoms with E-state index in [0.29, 0.717) is 19.4 Å². The molecule has 1 aliphatic heterocycles. The number of hydrogen-bond acceptors (Lipinski definition) is 3. The Balaban J connectivity index is 2.22. The molecule has 0 aromatic rings. The van der Waals surface area contributed by atoms with Gasteiger partial charge in [0.2, 0.25) is 6.41 Å². The van der Waals surface area contributed by atoms with Gasteiger partial charge in [0.25, 0.3) is 0 Å². The van der Waals surface area contributed by atoms with Gasteiger partial charge in [-0.05, 0) is 19.4 Å². The highest BCUT2D eigenvalue weighted by atomic mass is 19.2. The van der Waals surface area contributed by atoms with Crippen molar-refractivity contribution in [1.29, 1.82) is 0 Å². The van der Waals surface area contributed by atoms with E-state index < -0.39 is 24.4 Å². The third-order valence-corrected chi connectivity index (χ3v) is 2.79. The molecule has 1 saturated heterocycles. The molecule has 0 spiro atoms. The molecule has 0 aliphatic carbocycles. The van der Waals surface area contributed by atoms with Gasteiger partial charge in [0.15, 0.2) is 0 Å². The summed E-state index contributed by atoms with van der Waals surface area (Å²) in [4.78, 5) is 22.4. The zero-order chi connectivity index (χ0) is 12.8. The van der Waals surface area contributed by atoms with Crippen LogP contribution in [0.25, 0.3) is 0 Å². The molecule has 1 amide bonds. The molecule has 3 atom stereocenters. The summed E-state index contributed by atoms with van der Waals surface area (Å²) < 4.78 is 25.7. The molecule has 0 saturated carbocycles. The highest BCUT2D eigenvalue weighted by molar-refractivity contribution is 5.76. The largest absolute Gasteiger partial charge is 0.480 e. The van der Waals surface area contributed by atoms with Gasteiger partial charge in [-0.3, -0.25) is 9.69 Å². The fourth-order valence-corrected chi connectivity index (χ4v) is 1.86. The first-order chi connectivity index (χ1) is 8.04. The number of carboxylic acid groups (broad SMARTS) is 1. The predicted molar refractivity (Wildman–Crippen MR) is 56.1 cm³/mol. The third-order valence-electron chi connectivity index (χ3n) is 2.79. The first-order valence-corrected chi connectivity index (χ1v) is 5.47. The molecule has 1 heterocycles. The number of nitrogens with one attached hydrogen (secondary N) is 1. The smallest absolute Gasteiger partial charge is 0.326 e. The van der Waals surface area contributed by atoms with Crippen LogP contribution in [0, 0.1) is 0 Å². The third kappa shape index (κ3) is 4.26. The number of amides is 1. The van der Waals surface area contributed by atoms with Crippen molar-refractivity contribution in [2.75, 3.05) is 19.6 Å². The Morgan fingerprint density at radius 1 is 1.47 bits per heavy atom. The summed E-state index contributed by atoms with van der Waals surface area (Å²) in [5.41, 5.74) is 0. The highest BCUT2D eigenvalue weighted by Gasteiger charge is 2.32. The summed E-state index contributed by atoms with van der Waals surface area (Å²) in [6.45, 7) is 0.547. The van der Waals surface area contributed by atoms with E-state index in [1.54, 1.807) is 4.90 Å². The first-order valence-electron chi connectivity index (χ1n) is 5.47. The van der Waals surface area contributed by atoms with Gasteiger partial charge >= 0.3 is 5.97 Å². The van der Waals surface area contributed by atoms with Gasteiger partial charge in [0, 0.05) is 13.1 Å². The van der Waals surface area contributed by atoms with Crippen LogP contribution in [0.2, 0.25) is 0 Å². The number of carbonyl (C=O) groups is 2. The van der Waals surface area contributed by atoms with E-state index in [-0.39, 0.29) is 19.5 Å². The monoisotopic (exact) mass is 250 g/mol. The number of halogens is 2. The normalized spacial score (nSPS) is 26.7. The minimum Gasteiger partial charge on any atom is -0.480 e. The Morgan fingerprint density at radius 2 is 2.06 bits per heavy atom. The van der Waals surface area contributed by atoms with Crippen molar-refractivity contribution in [3.8, 4) is 0 Å². The molecule has 98 valence electrons. The molecule has 1 aliphatic rings. The predicted octanol–water partition coefficient (Wildman–Crippen LogP) is -0.0424. The lowest BCUT2D eigenvalue weighted by molar-refractivity contribution is -0.140. The van der Waals surface area contributed by atoms with Crippen molar-refractivity contribution in [3.63, 3.8) is 0 Å². The molecule has 5 nitrogen and oxygen atoms in total. The molecule has 0 radical (unpaired) electrons. The summed E-state index contributed by atoms with van der Waals surface area (Å²) in [5.74, 6) is -1.11. The topological polar surface area (TPSA) is 69.6 Å². The lowest BCUT2D eigenvalue weighted by atomic mass is 10.1. The molecule has 1 rings (SSSR count). The van der Waals surface area contributed by atoms with Crippen molar-refractivity contribution in [2.45, 2.75) is 31.2 Å². The number of hydrogen-bond donors (Lipinski definition) is 2. The molecule has 0 bridgehead atoms. The van der Waals surface area contributed by atoms with Crippen LogP contribution >= 0.6 is 0 Å². The van der Waals surface area contributed by atoms with Crippen LogP contribution in [-0.2, 0) is 9.59 Å². The number of carbonyl (C=O) groups excluding carboxylic acids is 1. The zero-order valence-corrected chi connectivity index (χ0v) is 9.31. The van der Waals surface area contributed by atoms with Crippen LogP contribution in [0.15, 0.2) is 0 Å². The molecule has 7 heteroatoms. The number of alkyl halides is 2. The second-order valence-corrected chi connectivity index (χ2v) is 4.11. The fourth-order valence-electron chi connectivity index (χ4n) is 1.86. The zero-order valence-electron chi connectivity index (χ0n) is 9.31. The van der Waals surface area contributed by atoms with E-state index in [1.165, 1.54) is 0 Å². The highest BCUT2D eigenvalue weighted by Crippen LogP contribution is 2.17. The summed E-state index contributed by atoms with van der Waals surface area (Å²) in [6.07, 6.45) is -1.84. The molecule has 0 aromatic carbocycles. The molecule has 0 aromatic heterocycles. The Morgan fingerprint density at radius 3 is 2.53 bits per heavy atom. The standard InChI is InChI=1S/C10H16F2N2O3/c11-7-4-14(5-8(7)12)3-1-2-9(10(16)17)13-6-15/h6-9H,1-5H2,(H,13,15)(H,16,17)/t7-,8+,9?. The van der Waals surface area contributed by atoms with Crippen LogP contribution in [0.5, 0.6) is 0 Å². The number of nitrogens with zero attached hydrogens (tertiary/aromatic N) is 1. The molecule has 1 fully saturated rings. The SMILES string of the molecule is O=CNC(CCCN1C[C@@H](F)[C@@H](F)C1)C(=O)O. The van der Waals surface area contributed by atoms with Crippen molar-refractivity contribution in [3.05, 3.63) is 0 Å². The van der Waals surface area contributed by atoms with Gasteiger partial charge in [0.05, 0.1) is 0 Å². The van der Waals surface area contributed by atoms with Gasteiger partial charge in [-0.15, -0.1) is 0 Å². The molecular formula is C10H16F2N2O3. The van der Waals surface area contributed by atoms with Crippen molar-refractivity contribution < 1.29 is 23.5 Å². The van der Waals surface area contributed by atoms with E-state index in [2.05, 4.69) is 5.32 Å². The van der Waals surface area contributed by atoms with Crippen molar-refractivity contribution >= 4 is 12.4 Å². The van der Waals surface area contributed by atoms with Crippen LogP contribution < -0.4 is 5.32 Å². The van der Waals surface area contributed by atoms with Crippen LogP contribution in [0.3, 0.4) is 0 Å². The van der Waals surface area contributed by atoms with E-state index in [9.17, 15) is 18.4 Å². The van der Waals surface area contributed by atoms with Crippen molar-refractivity contribution in [2.24, 2.45) is 0 Å². The Labute approximate surface area is 97.8 Å². The molecule has 2 N–H and O–H groups in total. The average molecular weight is 250 g/mol.